The first kappa shape index (κ1) is 33.5. The molecule has 2 bridgehead atoms. The van der Waals surface area contributed by atoms with Crippen molar-refractivity contribution >= 4 is 29.1 Å². The lowest BCUT2D eigenvalue weighted by Crippen LogP contribution is -2.45. The van der Waals surface area contributed by atoms with Crippen LogP contribution in [-0.2, 0) is 11.3 Å². The van der Waals surface area contributed by atoms with E-state index in [2.05, 4.69) is 29.5 Å². The number of methoxy groups -OCH3 is 1. The van der Waals surface area contributed by atoms with Crippen LogP contribution in [0.15, 0.2) is 53.9 Å². The second-order valence-corrected chi connectivity index (χ2v) is 12.6. The van der Waals surface area contributed by atoms with Gasteiger partial charge in [0, 0.05) is 29.6 Å². The molecule has 47 heavy (non-hydrogen) atoms. The molecule has 3 amide bonds. The fourth-order valence-electron chi connectivity index (χ4n) is 5.23. The lowest BCUT2D eigenvalue weighted by molar-refractivity contribution is -0.122. The van der Waals surface area contributed by atoms with E-state index in [1.807, 2.05) is 37.3 Å². The summed E-state index contributed by atoms with van der Waals surface area (Å²) in [5.74, 6) is 1.04. The molecule has 2 aromatic heterocycles. The number of amides is 3. The average Bonchev–Trinajstić information content (AvgIpc) is 3.72. The first-order valence-corrected chi connectivity index (χ1v) is 16.4. The summed E-state index contributed by atoms with van der Waals surface area (Å²) in [5.41, 5.74) is 7.70. The van der Waals surface area contributed by atoms with Crippen molar-refractivity contribution in [2.24, 2.45) is 11.7 Å². The van der Waals surface area contributed by atoms with E-state index >= 15 is 0 Å². The molecule has 1 aliphatic heterocycles. The van der Waals surface area contributed by atoms with Gasteiger partial charge in [-0.1, -0.05) is 44.2 Å². The van der Waals surface area contributed by atoms with Crippen molar-refractivity contribution in [2.45, 2.75) is 45.8 Å². The van der Waals surface area contributed by atoms with Gasteiger partial charge in [-0.15, -0.1) is 11.3 Å². The lowest BCUT2D eigenvalue weighted by atomic mass is 10.1. The Labute approximate surface area is 277 Å². The number of benzene rings is 2. The molecule has 2 aromatic carbocycles. The molecule has 2 atom stereocenters. The van der Waals surface area contributed by atoms with Gasteiger partial charge in [0.25, 0.3) is 11.8 Å². The van der Waals surface area contributed by atoms with Gasteiger partial charge in [-0.3, -0.25) is 14.4 Å². The molecule has 0 unspecified atom stereocenters. The van der Waals surface area contributed by atoms with Crippen molar-refractivity contribution in [2.75, 3.05) is 33.4 Å². The number of aromatic nitrogens is 4. The Kier molecular flexibility index (Phi) is 10.8. The second-order valence-electron chi connectivity index (χ2n) is 11.7. The van der Waals surface area contributed by atoms with Crippen molar-refractivity contribution in [3.63, 3.8) is 0 Å². The minimum Gasteiger partial charge on any atom is -0.493 e. The maximum Gasteiger partial charge on any atom is 0.273 e. The van der Waals surface area contributed by atoms with Crippen molar-refractivity contribution in [1.29, 1.82) is 0 Å². The molecule has 0 saturated heterocycles. The second kappa shape index (κ2) is 15.2. The van der Waals surface area contributed by atoms with Gasteiger partial charge in [-0.25, -0.2) is 14.6 Å². The average molecular weight is 661 g/mol. The van der Waals surface area contributed by atoms with Crippen molar-refractivity contribution < 1.29 is 23.9 Å². The molecule has 0 fully saturated rings. The predicted molar refractivity (Wildman–Crippen MR) is 177 cm³/mol. The zero-order chi connectivity index (χ0) is 33.5. The maximum absolute atomic E-state index is 13.7. The highest BCUT2D eigenvalue weighted by molar-refractivity contribution is 7.09. The van der Waals surface area contributed by atoms with E-state index in [-0.39, 0.29) is 43.9 Å². The number of nitrogens with zero attached hydrogens (tertiary/aromatic N) is 5. The summed E-state index contributed by atoms with van der Waals surface area (Å²) in [4.78, 5) is 50.9. The first-order chi connectivity index (χ1) is 22.6. The highest BCUT2D eigenvalue weighted by atomic mass is 32.1. The summed E-state index contributed by atoms with van der Waals surface area (Å²) in [5, 5.41) is 12.8. The van der Waals surface area contributed by atoms with Gasteiger partial charge < -0.3 is 30.7 Å². The Morgan fingerprint density at radius 1 is 1.13 bits per heavy atom. The minimum absolute atomic E-state index is 0.0606. The van der Waals surface area contributed by atoms with Gasteiger partial charge >= 0.3 is 0 Å². The molecule has 5 rings (SSSR count). The molecule has 13 nitrogen and oxygen atoms in total. The zero-order valence-corrected chi connectivity index (χ0v) is 27.8. The Morgan fingerprint density at radius 2 is 1.91 bits per heavy atom. The molecule has 3 heterocycles. The standard InChI is InChI=1S/C33H40N8O5S/c1-20(2)16-24(34)32-37-25(19-47-32)33(44)40-13-12-35-31(43)23-10-11-26(45-4)27(17-23)46-15-14-41-30(21(3)36-28(42)18-40)38-29(39-41)22-8-6-5-7-9-22/h5-11,17,19-21,24H,12-16,18,34H2,1-4H3,(H,35,43)(H,36,42)/t21-,24+/m1/s1. The maximum atomic E-state index is 13.7. The minimum atomic E-state index is -0.558. The Bertz CT molecular complexity index is 1710. The SMILES string of the molecule is COc1ccc2cc1OCCn1nc(-c3ccccc3)nc1[C@@H](C)NC(=O)CN(C(=O)c1csc([C@@H](N)CC(C)C)n1)CCNC2=O. The Morgan fingerprint density at radius 3 is 2.66 bits per heavy atom. The van der Waals surface area contributed by atoms with Gasteiger partial charge in [-0.2, -0.15) is 5.10 Å². The number of hydrogen-bond acceptors (Lipinski definition) is 10. The molecular formula is C33H40N8O5S. The topological polar surface area (TPSA) is 167 Å². The van der Waals surface area contributed by atoms with Gasteiger partial charge in [0.1, 0.15) is 23.1 Å². The normalized spacial score (nSPS) is 16.8. The molecule has 4 N–H and O–H groups in total. The first-order valence-electron chi connectivity index (χ1n) is 15.5. The summed E-state index contributed by atoms with van der Waals surface area (Å²) >= 11 is 1.32. The summed E-state index contributed by atoms with van der Waals surface area (Å²) in [6.45, 7) is 6.33. The number of rotatable bonds is 6. The van der Waals surface area contributed by atoms with Crippen LogP contribution in [0.4, 0.5) is 0 Å². The largest absolute Gasteiger partial charge is 0.493 e. The van der Waals surface area contributed by atoms with Crippen LogP contribution < -0.4 is 25.8 Å². The van der Waals surface area contributed by atoms with Crippen LogP contribution in [0.2, 0.25) is 0 Å². The quantitative estimate of drug-likeness (QED) is 0.280. The van der Waals surface area contributed by atoms with E-state index in [1.54, 1.807) is 28.3 Å². The molecule has 1 aliphatic rings. The third kappa shape index (κ3) is 8.32. The van der Waals surface area contributed by atoms with Crippen molar-refractivity contribution in [1.82, 2.24) is 35.3 Å². The Hall–Kier alpha value is -4.82. The zero-order valence-electron chi connectivity index (χ0n) is 26.9. The third-order valence-electron chi connectivity index (χ3n) is 7.56. The van der Waals surface area contributed by atoms with Crippen molar-refractivity contribution in [3.05, 3.63) is 76.0 Å². The molecule has 0 aliphatic carbocycles. The third-order valence-corrected chi connectivity index (χ3v) is 8.53. The molecule has 4 aromatic rings. The van der Waals surface area contributed by atoms with Crippen LogP contribution in [0.25, 0.3) is 11.4 Å². The molecule has 0 spiro atoms. The smallest absolute Gasteiger partial charge is 0.273 e. The van der Waals surface area contributed by atoms with Crippen LogP contribution in [0.5, 0.6) is 11.5 Å². The van der Waals surface area contributed by atoms with E-state index in [0.717, 1.165) is 12.0 Å². The van der Waals surface area contributed by atoms with Gasteiger partial charge in [0.2, 0.25) is 5.91 Å². The van der Waals surface area contributed by atoms with Crippen LogP contribution in [-0.4, -0.2) is 75.7 Å². The molecule has 0 saturated carbocycles. The van der Waals surface area contributed by atoms with E-state index in [1.165, 1.54) is 23.3 Å². The number of hydrogen-bond donors (Lipinski definition) is 3. The lowest BCUT2D eigenvalue weighted by Gasteiger charge is -2.23. The van der Waals surface area contributed by atoms with E-state index in [9.17, 15) is 14.4 Å². The number of carbonyl (C=O) groups is 3. The summed E-state index contributed by atoms with van der Waals surface area (Å²) in [6, 6.07) is 13.6. The number of ether oxygens (including phenoxy) is 2. The number of carbonyl (C=O) groups excluding carboxylic acids is 3. The number of nitrogens with two attached hydrogens (primary N) is 1. The van der Waals surface area contributed by atoms with E-state index in [4.69, 9.17) is 25.3 Å². The van der Waals surface area contributed by atoms with E-state index < -0.39 is 17.9 Å². The van der Waals surface area contributed by atoms with Crippen LogP contribution in [0.1, 0.15) is 71.0 Å². The fourth-order valence-corrected chi connectivity index (χ4v) is 6.04. The molecule has 0 radical (unpaired) electrons. The molecule has 248 valence electrons. The number of fused-ring (bicyclic) bond motifs is 3. The highest BCUT2D eigenvalue weighted by Gasteiger charge is 2.26. The fraction of sp³-hybridized carbons (Fsp3) is 0.394. The van der Waals surface area contributed by atoms with Crippen LogP contribution in [0.3, 0.4) is 0 Å². The van der Waals surface area contributed by atoms with E-state index in [0.29, 0.717) is 46.2 Å². The van der Waals surface area contributed by atoms with Crippen LogP contribution in [0, 0.1) is 5.92 Å². The number of nitrogens with one attached hydrogen (secondary N) is 2. The van der Waals surface area contributed by atoms with Crippen molar-refractivity contribution in [3.8, 4) is 22.9 Å². The van der Waals surface area contributed by atoms with Gasteiger partial charge in [-0.05, 0) is 37.5 Å². The summed E-state index contributed by atoms with van der Waals surface area (Å²) in [7, 11) is 1.53. The predicted octanol–water partition coefficient (Wildman–Crippen LogP) is 3.60. The van der Waals surface area contributed by atoms with Gasteiger partial charge in [0.15, 0.2) is 17.3 Å². The summed E-state index contributed by atoms with van der Waals surface area (Å²) in [6.07, 6.45) is 0.728. The number of thiazole rings is 1. The summed E-state index contributed by atoms with van der Waals surface area (Å²) < 4.78 is 13.2. The molecular weight excluding hydrogens is 620 g/mol. The molecule has 14 heteroatoms. The highest BCUT2D eigenvalue weighted by Crippen LogP contribution is 2.29. The monoisotopic (exact) mass is 660 g/mol. The van der Waals surface area contributed by atoms with Gasteiger partial charge in [0.05, 0.1) is 32.3 Å². The van der Waals surface area contributed by atoms with Crippen LogP contribution >= 0.6 is 11.3 Å². The Balaban J connectivity index is 1.45.